The van der Waals surface area contributed by atoms with Gasteiger partial charge in [-0.05, 0) is 81.5 Å². The van der Waals surface area contributed by atoms with Gasteiger partial charge in [0.05, 0.1) is 42.5 Å². The van der Waals surface area contributed by atoms with Crippen molar-refractivity contribution in [2.24, 2.45) is 5.92 Å². The summed E-state index contributed by atoms with van der Waals surface area (Å²) < 4.78 is 38.5. The number of aromatic nitrogens is 5. The first kappa shape index (κ1) is 30.5. The fourth-order valence-electron chi connectivity index (χ4n) is 8.36. The van der Waals surface area contributed by atoms with E-state index in [1.54, 1.807) is 12.4 Å². The highest BCUT2D eigenvalue weighted by Gasteiger charge is 2.45. The zero-order valence-electron chi connectivity index (χ0n) is 26.2. The van der Waals surface area contributed by atoms with Crippen molar-refractivity contribution in [3.8, 4) is 17.3 Å². The van der Waals surface area contributed by atoms with Gasteiger partial charge in [0, 0.05) is 35.3 Å². The molecule has 4 fully saturated rings. The minimum absolute atomic E-state index is 0.0148. The van der Waals surface area contributed by atoms with Gasteiger partial charge in [-0.2, -0.15) is 15.1 Å². The monoisotopic (exact) mass is 666 g/mol. The molecular weight excluding hydrogens is 630 g/mol. The third-order valence-corrected chi connectivity index (χ3v) is 11.0. The molecule has 1 amide bonds. The molecular formula is C33H37ClF2N8O3. The van der Waals surface area contributed by atoms with E-state index in [9.17, 15) is 9.18 Å². The van der Waals surface area contributed by atoms with Crippen molar-refractivity contribution >= 4 is 45.3 Å². The second-order valence-corrected chi connectivity index (χ2v) is 13.7. The lowest BCUT2D eigenvalue weighted by Crippen LogP contribution is -2.43. The number of nitrogens with zero attached hydrogens (tertiary/aromatic N) is 6. The summed E-state index contributed by atoms with van der Waals surface area (Å²) in [6, 6.07) is 1.86. The number of nitrogens with one attached hydrogen (secondary N) is 2. The number of alkyl halides is 1. The van der Waals surface area contributed by atoms with Gasteiger partial charge in [0.25, 0.3) is 0 Å². The molecule has 1 aliphatic carbocycles. The number of hydrogen-bond acceptors (Lipinski definition) is 9. The first-order chi connectivity index (χ1) is 23.0. The van der Waals surface area contributed by atoms with E-state index >= 15 is 4.39 Å². The Kier molecular flexibility index (Phi) is 7.78. The number of rotatable bonds is 3. The number of fused-ring (bicyclic) bond motifs is 7. The Morgan fingerprint density at radius 1 is 1.13 bits per heavy atom. The van der Waals surface area contributed by atoms with Crippen LogP contribution in [0.3, 0.4) is 0 Å². The number of halogens is 3. The Balaban J connectivity index is 0.00000159. The maximum Gasteiger partial charge on any atom is 0.407 e. The Morgan fingerprint density at radius 2 is 1.96 bits per heavy atom. The lowest BCUT2D eigenvalue weighted by atomic mass is 9.94. The number of ether oxygens (including phenoxy) is 2. The summed E-state index contributed by atoms with van der Waals surface area (Å²) in [6.07, 6.45) is 9.63. The molecule has 11 nitrogen and oxygen atoms in total. The summed E-state index contributed by atoms with van der Waals surface area (Å²) in [5.74, 6) is 0.332. The molecule has 2 N–H and O–H groups in total. The zero-order valence-corrected chi connectivity index (χ0v) is 27.0. The van der Waals surface area contributed by atoms with E-state index in [0.29, 0.717) is 73.6 Å². The summed E-state index contributed by atoms with van der Waals surface area (Å²) >= 11 is 6.91. The number of benzene rings is 1. The number of hydrogen-bond donors (Lipinski definition) is 2. The Labute approximate surface area is 275 Å². The number of pyridine rings is 1. The molecule has 0 radical (unpaired) electrons. The molecule has 5 aliphatic heterocycles. The van der Waals surface area contributed by atoms with Crippen LogP contribution >= 0.6 is 11.6 Å². The second-order valence-electron chi connectivity index (χ2n) is 13.3. The van der Waals surface area contributed by atoms with Crippen LogP contribution in [0, 0.1) is 11.7 Å². The zero-order chi connectivity index (χ0) is 32.3. The molecule has 14 heteroatoms. The molecule has 8 heterocycles. The number of amides is 1. The van der Waals surface area contributed by atoms with Crippen molar-refractivity contribution < 1.29 is 23.0 Å². The van der Waals surface area contributed by atoms with E-state index in [1.165, 1.54) is 0 Å². The molecule has 47 heavy (non-hydrogen) atoms. The Hall–Kier alpha value is -3.84. The molecule has 248 valence electrons. The summed E-state index contributed by atoms with van der Waals surface area (Å²) in [5, 5.41) is 12.0. The largest absolute Gasteiger partial charge is 0.461 e. The predicted molar refractivity (Wildman–Crippen MR) is 173 cm³/mol. The molecule has 10 rings (SSSR count). The van der Waals surface area contributed by atoms with Crippen LogP contribution in [-0.4, -0.2) is 94.3 Å². The average molecular weight is 667 g/mol. The Bertz CT molecular complexity index is 1850. The normalized spacial score (nSPS) is 24.7. The maximum absolute atomic E-state index is 17.0. The maximum atomic E-state index is 17.0. The number of alkyl carbamates (subject to hydrolysis) is 1. The SMILES string of the molecule is CF.O=C1NC2CCN(C2)c2nc(OCC34CCCN3CCC4)nc3c(F)c(ncc23)-c2c(c(Cl)cc3[nH]ncc23)C2CC2CCO1. The van der Waals surface area contributed by atoms with Crippen LogP contribution in [0.1, 0.15) is 56.4 Å². The van der Waals surface area contributed by atoms with Gasteiger partial charge < -0.3 is 19.7 Å². The highest BCUT2D eigenvalue weighted by molar-refractivity contribution is 6.33. The molecule has 1 aromatic carbocycles. The smallest absolute Gasteiger partial charge is 0.407 e. The summed E-state index contributed by atoms with van der Waals surface area (Å²) in [7, 11) is 0.500. The number of carbonyl (C=O) groups is 1. The number of anilines is 1. The van der Waals surface area contributed by atoms with Gasteiger partial charge in [-0.3, -0.25) is 19.4 Å². The molecule has 1 saturated carbocycles. The van der Waals surface area contributed by atoms with E-state index in [4.69, 9.17) is 36.0 Å². The van der Waals surface area contributed by atoms with Crippen LogP contribution in [0.15, 0.2) is 18.5 Å². The van der Waals surface area contributed by atoms with Crippen molar-refractivity contribution in [1.29, 1.82) is 0 Å². The predicted octanol–water partition coefficient (Wildman–Crippen LogP) is 5.77. The number of H-pyrrole nitrogens is 1. The van der Waals surface area contributed by atoms with E-state index < -0.39 is 11.9 Å². The first-order valence-electron chi connectivity index (χ1n) is 16.4. The van der Waals surface area contributed by atoms with Gasteiger partial charge in [-0.15, -0.1) is 0 Å². The number of aromatic amines is 1. The summed E-state index contributed by atoms with van der Waals surface area (Å²) in [6.45, 7) is 4.04. The molecule has 3 aromatic heterocycles. The summed E-state index contributed by atoms with van der Waals surface area (Å²) in [5.41, 5.74) is 2.49. The van der Waals surface area contributed by atoms with Gasteiger partial charge in [0.2, 0.25) is 0 Å². The van der Waals surface area contributed by atoms with Gasteiger partial charge in [-0.1, -0.05) is 11.6 Å². The molecule has 4 aromatic rings. The molecule has 3 saturated heterocycles. The van der Waals surface area contributed by atoms with Gasteiger partial charge in [0.15, 0.2) is 5.82 Å². The molecule has 6 bridgehead atoms. The van der Waals surface area contributed by atoms with Crippen LogP contribution in [-0.2, 0) is 4.74 Å². The van der Waals surface area contributed by atoms with Crippen molar-refractivity contribution in [2.45, 2.75) is 62.4 Å². The van der Waals surface area contributed by atoms with Gasteiger partial charge in [-0.25, -0.2) is 9.18 Å². The van der Waals surface area contributed by atoms with Crippen LogP contribution in [0.5, 0.6) is 6.01 Å². The van der Waals surface area contributed by atoms with E-state index in [-0.39, 0.29) is 40.6 Å². The van der Waals surface area contributed by atoms with Crippen molar-refractivity contribution in [3.05, 3.63) is 34.9 Å². The van der Waals surface area contributed by atoms with Crippen LogP contribution in [0.2, 0.25) is 5.02 Å². The van der Waals surface area contributed by atoms with Crippen LogP contribution in [0.25, 0.3) is 33.1 Å². The van der Waals surface area contributed by atoms with E-state index in [0.717, 1.165) is 56.1 Å². The minimum atomic E-state index is -0.539. The molecule has 6 aliphatic rings. The first-order valence-corrected chi connectivity index (χ1v) is 16.8. The highest BCUT2D eigenvalue weighted by atomic mass is 35.5. The molecule has 0 spiro atoms. The quantitative estimate of drug-likeness (QED) is 0.281. The molecule has 3 unspecified atom stereocenters. The fourth-order valence-corrected chi connectivity index (χ4v) is 8.70. The average Bonchev–Trinajstić information content (AvgIpc) is 3.52. The van der Waals surface area contributed by atoms with Gasteiger partial charge in [0.1, 0.15) is 23.6 Å². The number of carbonyl (C=O) groups excluding carboxylic acids is 1. The van der Waals surface area contributed by atoms with Crippen molar-refractivity contribution in [2.75, 3.05) is 51.5 Å². The fraction of sp³-hybridized carbons (Fsp3) is 0.545. The standard InChI is InChI=1S/C32H34ClFN8O3.CH3F/c33-22-12-23-20(14-36-40-23)25-24(22)19-11-17(19)4-10-44-31(43)37-18-3-9-41(15-18)29-21-13-35-28(25)26(34)27(21)38-30(39-29)45-16-32-5-1-7-42(32)8-2-6-32;1-2/h12-14,17-19H,1-11,15-16H2,(H,36,40)(H,37,43);1H3. The second kappa shape index (κ2) is 12.0. The van der Waals surface area contributed by atoms with Crippen molar-refractivity contribution in [1.82, 2.24) is 35.4 Å². The minimum Gasteiger partial charge on any atom is -0.461 e. The van der Waals surface area contributed by atoms with E-state index in [1.807, 2.05) is 11.0 Å². The third kappa shape index (κ3) is 5.22. The Morgan fingerprint density at radius 3 is 2.79 bits per heavy atom. The lowest BCUT2D eigenvalue weighted by Gasteiger charge is -2.31. The van der Waals surface area contributed by atoms with Crippen LogP contribution < -0.4 is 15.0 Å². The topological polar surface area (TPSA) is 121 Å². The summed E-state index contributed by atoms with van der Waals surface area (Å²) in [4.78, 5) is 31.6. The van der Waals surface area contributed by atoms with Gasteiger partial charge >= 0.3 is 12.1 Å². The third-order valence-electron chi connectivity index (χ3n) is 10.7. The van der Waals surface area contributed by atoms with Crippen molar-refractivity contribution in [3.63, 3.8) is 0 Å². The highest BCUT2D eigenvalue weighted by Crippen LogP contribution is 2.56. The van der Waals surface area contributed by atoms with Crippen LogP contribution in [0.4, 0.5) is 19.4 Å². The van der Waals surface area contributed by atoms with E-state index in [2.05, 4.69) is 20.4 Å². The lowest BCUT2D eigenvalue weighted by molar-refractivity contribution is 0.108. The molecule has 3 atom stereocenters.